The highest BCUT2D eigenvalue weighted by atomic mass is 16.6. The summed E-state index contributed by atoms with van der Waals surface area (Å²) in [4.78, 5) is 28.1. The molecule has 1 aliphatic carbocycles. The van der Waals surface area contributed by atoms with E-state index >= 15 is 0 Å². The fraction of sp³-hybridized carbons (Fsp3) is 0.571. The Kier molecular flexibility index (Phi) is 3.48. The van der Waals surface area contributed by atoms with Crippen molar-refractivity contribution in [2.75, 3.05) is 18.0 Å². The highest BCUT2D eigenvalue weighted by Crippen LogP contribution is 2.38. The monoisotopic (exact) mass is 290 g/mol. The predicted molar refractivity (Wildman–Crippen MR) is 77.1 cm³/mol. The molecule has 3 rings (SSSR count). The molecule has 21 heavy (non-hydrogen) atoms. The Balaban J connectivity index is 1.91. The van der Waals surface area contributed by atoms with Crippen LogP contribution in [0.25, 0.3) is 0 Å². The Morgan fingerprint density at radius 2 is 1.95 bits per heavy atom. The fourth-order valence-corrected chi connectivity index (χ4v) is 3.56. The number of nitrogens with two attached hydrogens (primary N) is 1. The summed E-state index contributed by atoms with van der Waals surface area (Å²) in [6.45, 7) is 1.71. The topological polar surface area (TPSA) is 102 Å². The van der Waals surface area contributed by atoms with Crippen molar-refractivity contribution >= 4 is 17.4 Å². The zero-order valence-corrected chi connectivity index (χ0v) is 11.7. The number of nitrogens with zero attached hydrogens (tertiary/aromatic N) is 3. The molecule has 0 spiro atoms. The second-order valence-corrected chi connectivity index (χ2v) is 5.90. The summed E-state index contributed by atoms with van der Waals surface area (Å²) in [6, 6.07) is 1.23. The van der Waals surface area contributed by atoms with Gasteiger partial charge in [0.1, 0.15) is 12.0 Å². The van der Waals surface area contributed by atoms with Gasteiger partial charge in [-0.1, -0.05) is 12.8 Å². The molecule has 7 heteroatoms. The van der Waals surface area contributed by atoms with Crippen LogP contribution >= 0.6 is 0 Å². The first kappa shape index (κ1) is 13.8. The number of carbonyl (C=O) groups is 1. The molecule has 0 aromatic carbocycles. The Bertz CT molecular complexity index is 576. The van der Waals surface area contributed by atoms with Gasteiger partial charge in [-0.15, -0.1) is 0 Å². The molecule has 2 heterocycles. The molecule has 0 bridgehead atoms. The van der Waals surface area contributed by atoms with Crippen molar-refractivity contribution in [2.24, 2.45) is 17.6 Å². The molecule has 2 atom stereocenters. The molecule has 1 aliphatic heterocycles. The van der Waals surface area contributed by atoms with Crippen LogP contribution < -0.4 is 10.6 Å². The largest absolute Gasteiger partial charge is 0.365 e. The molecule has 1 aromatic rings. The van der Waals surface area contributed by atoms with Gasteiger partial charge >= 0.3 is 0 Å². The summed E-state index contributed by atoms with van der Waals surface area (Å²) < 4.78 is 0. The second-order valence-electron chi connectivity index (χ2n) is 5.90. The van der Waals surface area contributed by atoms with Crippen LogP contribution in [0, 0.1) is 22.0 Å². The van der Waals surface area contributed by atoms with E-state index in [-0.39, 0.29) is 11.3 Å². The summed E-state index contributed by atoms with van der Waals surface area (Å²) in [7, 11) is 0. The Labute approximate surface area is 122 Å². The van der Waals surface area contributed by atoms with Gasteiger partial charge in [-0.25, -0.2) is 4.98 Å². The van der Waals surface area contributed by atoms with E-state index in [0.717, 1.165) is 13.1 Å². The number of rotatable bonds is 3. The normalized spacial score (nSPS) is 24.7. The fourth-order valence-electron chi connectivity index (χ4n) is 3.56. The predicted octanol–water partition coefficient (Wildman–Crippen LogP) is 1.72. The van der Waals surface area contributed by atoms with Crippen molar-refractivity contribution < 1.29 is 9.72 Å². The highest BCUT2D eigenvalue weighted by molar-refractivity contribution is 5.98. The van der Waals surface area contributed by atoms with Crippen LogP contribution in [0.1, 0.15) is 36.0 Å². The van der Waals surface area contributed by atoms with Crippen molar-refractivity contribution in [1.29, 1.82) is 0 Å². The maximum absolute atomic E-state index is 11.6. The summed E-state index contributed by atoms with van der Waals surface area (Å²) in [6.07, 6.45) is 6.13. The van der Waals surface area contributed by atoms with E-state index in [1.165, 1.54) is 37.9 Å². The van der Waals surface area contributed by atoms with Gasteiger partial charge in [-0.3, -0.25) is 14.9 Å². The van der Waals surface area contributed by atoms with Crippen LogP contribution in [-0.2, 0) is 0 Å². The van der Waals surface area contributed by atoms with Crippen LogP contribution in [0.15, 0.2) is 12.3 Å². The van der Waals surface area contributed by atoms with Gasteiger partial charge in [0.05, 0.1) is 10.5 Å². The van der Waals surface area contributed by atoms with E-state index in [1.807, 2.05) is 0 Å². The molecule has 0 radical (unpaired) electrons. The smallest absolute Gasteiger partial charge is 0.288 e. The molecule has 2 unspecified atom stereocenters. The van der Waals surface area contributed by atoms with Gasteiger partial charge in [0, 0.05) is 19.2 Å². The van der Waals surface area contributed by atoms with Crippen LogP contribution in [0.3, 0.4) is 0 Å². The third-order valence-corrected chi connectivity index (χ3v) is 4.60. The number of fused-ring (bicyclic) bond motifs is 1. The van der Waals surface area contributed by atoms with Crippen molar-refractivity contribution in [3.05, 3.63) is 27.9 Å². The van der Waals surface area contributed by atoms with E-state index < -0.39 is 10.8 Å². The van der Waals surface area contributed by atoms with Crippen LogP contribution in [0.5, 0.6) is 0 Å². The second kappa shape index (κ2) is 5.31. The number of primary amides is 1. The zero-order chi connectivity index (χ0) is 15.0. The molecule has 1 saturated heterocycles. The average molecular weight is 290 g/mol. The molecular formula is C14H18N4O3. The standard InChI is InChI=1S/C14H18N4O3/c15-13(19)12-5-11(18(20)21)6-16-14(12)17-7-9-3-1-2-4-10(9)8-17/h5-6,9-10H,1-4,7-8H2,(H2,15,19). The van der Waals surface area contributed by atoms with Gasteiger partial charge in [0.25, 0.3) is 11.6 Å². The van der Waals surface area contributed by atoms with Gasteiger partial charge in [0.2, 0.25) is 0 Å². The first-order valence-corrected chi connectivity index (χ1v) is 7.25. The molecular weight excluding hydrogens is 272 g/mol. The molecule has 112 valence electrons. The molecule has 2 aliphatic rings. The molecule has 7 nitrogen and oxygen atoms in total. The lowest BCUT2D eigenvalue weighted by molar-refractivity contribution is -0.385. The number of anilines is 1. The van der Waals surface area contributed by atoms with E-state index in [0.29, 0.717) is 17.7 Å². The van der Waals surface area contributed by atoms with Crippen LogP contribution in [0.2, 0.25) is 0 Å². The van der Waals surface area contributed by atoms with Gasteiger partial charge in [-0.2, -0.15) is 0 Å². The zero-order valence-electron chi connectivity index (χ0n) is 11.7. The van der Waals surface area contributed by atoms with E-state index in [1.54, 1.807) is 0 Å². The summed E-state index contributed by atoms with van der Waals surface area (Å²) in [5.41, 5.74) is 5.31. The van der Waals surface area contributed by atoms with Crippen LogP contribution in [-0.4, -0.2) is 28.9 Å². The Hall–Kier alpha value is -2.18. The molecule has 2 N–H and O–H groups in total. The van der Waals surface area contributed by atoms with Crippen molar-refractivity contribution in [3.63, 3.8) is 0 Å². The first-order chi connectivity index (χ1) is 10.1. The van der Waals surface area contributed by atoms with Gasteiger partial charge in [-0.05, 0) is 24.7 Å². The van der Waals surface area contributed by atoms with Gasteiger partial charge in [0.15, 0.2) is 0 Å². The lowest BCUT2D eigenvalue weighted by Crippen LogP contribution is -2.25. The minimum atomic E-state index is -0.670. The number of pyridine rings is 1. The maximum Gasteiger partial charge on any atom is 0.288 e. The summed E-state index contributed by atoms with van der Waals surface area (Å²) >= 11 is 0. The highest BCUT2D eigenvalue weighted by Gasteiger charge is 2.36. The maximum atomic E-state index is 11.6. The minimum Gasteiger partial charge on any atom is -0.365 e. The van der Waals surface area contributed by atoms with Crippen molar-refractivity contribution in [3.8, 4) is 0 Å². The van der Waals surface area contributed by atoms with Crippen molar-refractivity contribution in [1.82, 2.24) is 4.98 Å². The molecule has 1 amide bonds. The first-order valence-electron chi connectivity index (χ1n) is 7.25. The number of hydrogen-bond acceptors (Lipinski definition) is 5. The number of carbonyl (C=O) groups excluding carboxylic acids is 1. The van der Waals surface area contributed by atoms with Gasteiger partial charge < -0.3 is 10.6 Å². The number of amides is 1. The van der Waals surface area contributed by atoms with Crippen LogP contribution in [0.4, 0.5) is 11.5 Å². The molecule has 1 saturated carbocycles. The summed E-state index contributed by atoms with van der Waals surface area (Å²) in [5.74, 6) is 1.09. The Morgan fingerprint density at radius 1 is 1.33 bits per heavy atom. The number of aromatic nitrogens is 1. The molecule has 2 fully saturated rings. The van der Waals surface area contributed by atoms with E-state index in [4.69, 9.17) is 5.73 Å². The van der Waals surface area contributed by atoms with E-state index in [9.17, 15) is 14.9 Å². The number of nitro groups is 1. The lowest BCUT2D eigenvalue weighted by atomic mass is 9.82. The average Bonchev–Trinajstić information content (AvgIpc) is 2.90. The van der Waals surface area contributed by atoms with Crippen molar-refractivity contribution in [2.45, 2.75) is 25.7 Å². The number of hydrogen-bond donors (Lipinski definition) is 1. The molecule has 1 aromatic heterocycles. The Morgan fingerprint density at radius 3 is 2.48 bits per heavy atom. The SMILES string of the molecule is NC(=O)c1cc([N+](=O)[O-])cnc1N1CC2CCCCC2C1. The minimum absolute atomic E-state index is 0.142. The van der Waals surface area contributed by atoms with E-state index in [2.05, 4.69) is 9.88 Å². The third kappa shape index (κ3) is 2.55. The summed E-state index contributed by atoms with van der Waals surface area (Å²) in [5, 5.41) is 10.8. The third-order valence-electron chi connectivity index (χ3n) is 4.60. The lowest BCUT2D eigenvalue weighted by Gasteiger charge is -2.22. The quantitative estimate of drug-likeness (QED) is 0.674.